The van der Waals surface area contributed by atoms with E-state index in [-0.39, 0.29) is 10.2 Å². The van der Waals surface area contributed by atoms with Crippen molar-refractivity contribution in [2.24, 2.45) is 0 Å². The summed E-state index contributed by atoms with van der Waals surface area (Å²) in [5.74, 6) is 0.333. The van der Waals surface area contributed by atoms with Crippen molar-refractivity contribution in [3.05, 3.63) is 56.4 Å². The lowest BCUT2D eigenvalue weighted by Crippen LogP contribution is -2.12. The lowest BCUT2D eigenvalue weighted by molar-refractivity contribution is -0.390. The van der Waals surface area contributed by atoms with Gasteiger partial charge >= 0.3 is 5.82 Å². The lowest BCUT2D eigenvalue weighted by atomic mass is 10.2. The second-order valence-electron chi connectivity index (χ2n) is 6.02. The molecule has 3 aromatic rings. The fraction of sp³-hybridized carbons (Fsp3) is 0.278. The van der Waals surface area contributed by atoms with Crippen LogP contribution in [-0.2, 0) is 6.54 Å². The Hall–Kier alpha value is -3.41. The summed E-state index contributed by atoms with van der Waals surface area (Å²) in [5.41, 5.74) is 1.24. The summed E-state index contributed by atoms with van der Waals surface area (Å²) in [5, 5.41) is 23.6. The number of nitrogens with zero attached hydrogens (tertiary/aromatic N) is 4. The second kappa shape index (κ2) is 9.39. The van der Waals surface area contributed by atoms with Gasteiger partial charge in [-0.2, -0.15) is 5.10 Å². The van der Waals surface area contributed by atoms with E-state index >= 15 is 0 Å². The molecule has 1 amide bonds. The van der Waals surface area contributed by atoms with Crippen molar-refractivity contribution in [1.82, 2.24) is 20.0 Å². The van der Waals surface area contributed by atoms with Crippen LogP contribution in [0, 0.1) is 10.1 Å². The van der Waals surface area contributed by atoms with Gasteiger partial charge in [0.15, 0.2) is 17.2 Å². The lowest BCUT2D eigenvalue weighted by Gasteiger charge is -2.12. The Morgan fingerprint density at radius 1 is 1.30 bits per heavy atom. The minimum Gasteiger partial charge on any atom is -0.490 e. The molecule has 2 N–H and O–H groups in total. The first-order valence-electron chi connectivity index (χ1n) is 9.03. The first kappa shape index (κ1) is 21.3. The molecule has 30 heavy (non-hydrogen) atoms. The van der Waals surface area contributed by atoms with E-state index in [0.29, 0.717) is 36.9 Å². The molecule has 0 bridgehead atoms. The van der Waals surface area contributed by atoms with Gasteiger partial charge in [0.1, 0.15) is 4.47 Å². The number of hydrogen-bond donors (Lipinski definition) is 2. The number of anilines is 1. The van der Waals surface area contributed by atoms with Crippen LogP contribution in [0.4, 0.5) is 11.5 Å². The maximum absolute atomic E-state index is 12.3. The Kier molecular flexibility index (Phi) is 6.67. The first-order chi connectivity index (χ1) is 14.4. The van der Waals surface area contributed by atoms with E-state index in [4.69, 9.17) is 9.47 Å². The highest BCUT2D eigenvalue weighted by molar-refractivity contribution is 9.10. The highest BCUT2D eigenvalue weighted by Crippen LogP contribution is 2.29. The molecule has 11 nitrogen and oxygen atoms in total. The number of ether oxygens (including phenoxy) is 2. The number of H-pyrrole nitrogens is 1. The Morgan fingerprint density at radius 3 is 2.70 bits per heavy atom. The third-order valence-electron chi connectivity index (χ3n) is 3.93. The zero-order valence-electron chi connectivity index (χ0n) is 16.2. The Bertz CT molecular complexity index is 1060. The van der Waals surface area contributed by atoms with E-state index in [9.17, 15) is 14.9 Å². The minimum absolute atomic E-state index is 0.0183. The SMILES string of the molecule is CCOc1ccc(Cn2cc(NC(=O)c3n[nH]c([N+](=O)[O-])c3Br)cn2)cc1OCC. The number of carbonyl (C=O) groups excluding carboxylic acids is 1. The van der Waals surface area contributed by atoms with Crippen LogP contribution in [0.5, 0.6) is 11.5 Å². The van der Waals surface area contributed by atoms with Gasteiger partial charge in [-0.25, -0.2) is 0 Å². The predicted molar refractivity (Wildman–Crippen MR) is 111 cm³/mol. The minimum atomic E-state index is -0.667. The second-order valence-corrected chi connectivity index (χ2v) is 6.81. The summed E-state index contributed by atoms with van der Waals surface area (Å²) >= 11 is 3.01. The molecule has 12 heteroatoms. The fourth-order valence-electron chi connectivity index (χ4n) is 2.68. The summed E-state index contributed by atoms with van der Waals surface area (Å²) in [7, 11) is 0. The molecule has 1 aromatic carbocycles. The monoisotopic (exact) mass is 478 g/mol. The Balaban J connectivity index is 1.70. The third kappa shape index (κ3) is 4.76. The van der Waals surface area contributed by atoms with Crippen molar-refractivity contribution < 1.29 is 19.2 Å². The van der Waals surface area contributed by atoms with E-state index in [0.717, 1.165) is 5.56 Å². The van der Waals surface area contributed by atoms with Crippen molar-refractivity contribution >= 4 is 33.3 Å². The number of carbonyl (C=O) groups is 1. The van der Waals surface area contributed by atoms with E-state index in [1.807, 2.05) is 32.0 Å². The number of nitrogens with one attached hydrogen (secondary N) is 2. The molecule has 0 spiro atoms. The molecular weight excluding hydrogens is 460 g/mol. The van der Waals surface area contributed by atoms with E-state index < -0.39 is 16.6 Å². The number of rotatable bonds is 9. The normalized spacial score (nSPS) is 10.6. The predicted octanol–water partition coefficient (Wildman–Crippen LogP) is 3.37. The van der Waals surface area contributed by atoms with Crippen LogP contribution in [-0.4, -0.2) is 44.0 Å². The van der Waals surface area contributed by atoms with Crippen molar-refractivity contribution in [2.45, 2.75) is 20.4 Å². The summed E-state index contributed by atoms with van der Waals surface area (Å²) in [6.07, 6.45) is 3.12. The molecule has 2 aromatic heterocycles. The zero-order chi connectivity index (χ0) is 21.7. The van der Waals surface area contributed by atoms with Crippen molar-refractivity contribution in [2.75, 3.05) is 18.5 Å². The number of aromatic nitrogens is 4. The number of aromatic amines is 1. The molecule has 0 aliphatic rings. The quantitative estimate of drug-likeness (QED) is 0.355. The van der Waals surface area contributed by atoms with Gasteiger partial charge in [-0.1, -0.05) is 11.2 Å². The first-order valence-corrected chi connectivity index (χ1v) is 9.82. The molecule has 0 saturated carbocycles. The number of halogens is 1. The van der Waals surface area contributed by atoms with Crippen LogP contribution >= 0.6 is 15.9 Å². The van der Waals surface area contributed by atoms with Gasteiger partial charge < -0.3 is 24.9 Å². The molecular formula is C18H19BrN6O5. The molecule has 0 fully saturated rings. The van der Waals surface area contributed by atoms with Crippen LogP contribution in [0.1, 0.15) is 29.9 Å². The van der Waals surface area contributed by atoms with Crippen LogP contribution in [0.2, 0.25) is 0 Å². The summed E-state index contributed by atoms with van der Waals surface area (Å²) in [4.78, 5) is 22.5. The molecule has 158 valence electrons. The van der Waals surface area contributed by atoms with Crippen LogP contribution < -0.4 is 14.8 Å². The van der Waals surface area contributed by atoms with Crippen LogP contribution in [0.3, 0.4) is 0 Å². The number of nitro groups is 1. The maximum atomic E-state index is 12.3. The molecule has 0 atom stereocenters. The van der Waals surface area contributed by atoms with E-state index in [2.05, 4.69) is 36.5 Å². The molecule has 2 heterocycles. The fourth-order valence-corrected chi connectivity index (χ4v) is 3.18. The van der Waals surface area contributed by atoms with Gasteiger partial charge in [0, 0.05) is 6.20 Å². The molecule has 0 aliphatic carbocycles. The van der Waals surface area contributed by atoms with Gasteiger partial charge in [0.25, 0.3) is 5.91 Å². The standard InChI is InChI=1S/C18H19BrN6O5/c1-3-29-13-6-5-11(7-14(13)30-4-2)9-24-10-12(8-20-24)21-18(26)16-15(19)17(23-22-16)25(27)28/h5-8,10H,3-4,9H2,1-2H3,(H,21,26)(H,22,23). The zero-order valence-corrected chi connectivity index (χ0v) is 17.8. The molecule has 3 rings (SSSR count). The van der Waals surface area contributed by atoms with Gasteiger partial charge in [-0.3, -0.25) is 9.48 Å². The highest BCUT2D eigenvalue weighted by atomic mass is 79.9. The molecule has 0 saturated heterocycles. The van der Waals surface area contributed by atoms with Crippen molar-refractivity contribution in [3.8, 4) is 11.5 Å². The Morgan fingerprint density at radius 2 is 2.03 bits per heavy atom. The smallest absolute Gasteiger partial charge is 0.357 e. The van der Waals surface area contributed by atoms with Crippen LogP contribution in [0.25, 0.3) is 0 Å². The van der Waals surface area contributed by atoms with Gasteiger partial charge in [0.05, 0.1) is 31.6 Å². The Labute approximate surface area is 179 Å². The van der Waals surface area contributed by atoms with E-state index in [1.165, 1.54) is 6.20 Å². The summed E-state index contributed by atoms with van der Waals surface area (Å²) in [6.45, 7) is 5.30. The average Bonchev–Trinajstić information content (AvgIpc) is 3.30. The van der Waals surface area contributed by atoms with Crippen molar-refractivity contribution in [3.63, 3.8) is 0 Å². The number of amides is 1. The van der Waals surface area contributed by atoms with Gasteiger partial charge in [0.2, 0.25) is 0 Å². The number of benzene rings is 1. The number of hydrogen-bond acceptors (Lipinski definition) is 7. The van der Waals surface area contributed by atoms with Crippen LogP contribution in [0.15, 0.2) is 35.1 Å². The third-order valence-corrected chi connectivity index (χ3v) is 4.68. The average molecular weight is 479 g/mol. The highest BCUT2D eigenvalue weighted by Gasteiger charge is 2.25. The van der Waals surface area contributed by atoms with Crippen molar-refractivity contribution in [1.29, 1.82) is 0 Å². The molecule has 0 radical (unpaired) electrons. The molecule has 0 aliphatic heterocycles. The van der Waals surface area contributed by atoms with E-state index in [1.54, 1.807) is 10.9 Å². The summed E-state index contributed by atoms with van der Waals surface area (Å²) in [6, 6.07) is 5.64. The topological polar surface area (TPSA) is 137 Å². The molecule has 0 unspecified atom stereocenters. The largest absolute Gasteiger partial charge is 0.490 e. The summed E-state index contributed by atoms with van der Waals surface area (Å²) < 4.78 is 12.8. The maximum Gasteiger partial charge on any atom is 0.357 e. The van der Waals surface area contributed by atoms with Gasteiger partial charge in [-0.05, 0) is 52.4 Å². The van der Waals surface area contributed by atoms with Gasteiger partial charge in [-0.15, -0.1) is 5.10 Å².